The first kappa shape index (κ1) is 24.3. The van der Waals surface area contributed by atoms with Crippen molar-refractivity contribution in [3.05, 3.63) is 60.2 Å². The molecule has 7 nitrogen and oxygen atoms in total. The molecule has 2 aromatic carbocycles. The SMILES string of the molecule is CC(C)(C)OC(=O)Cn1c(SCCCNS(=O)(=O)Cc2ccccc2)nc2ccccc21. The van der Waals surface area contributed by atoms with E-state index in [0.29, 0.717) is 23.9 Å². The van der Waals surface area contributed by atoms with Crippen LogP contribution in [0.25, 0.3) is 11.0 Å². The molecule has 0 atom stereocenters. The minimum Gasteiger partial charge on any atom is -0.459 e. The topological polar surface area (TPSA) is 90.3 Å². The summed E-state index contributed by atoms with van der Waals surface area (Å²) < 4.78 is 34.5. The van der Waals surface area contributed by atoms with E-state index in [1.165, 1.54) is 11.8 Å². The van der Waals surface area contributed by atoms with Gasteiger partial charge in [0, 0.05) is 12.3 Å². The predicted octanol–water partition coefficient (Wildman–Crippen LogP) is 3.98. The second-order valence-corrected chi connectivity index (χ2v) is 11.3. The maximum Gasteiger partial charge on any atom is 0.326 e. The number of aromatic nitrogens is 2. The van der Waals surface area contributed by atoms with Crippen LogP contribution in [0.15, 0.2) is 59.8 Å². The van der Waals surface area contributed by atoms with E-state index in [2.05, 4.69) is 9.71 Å². The van der Waals surface area contributed by atoms with Gasteiger partial charge in [0.1, 0.15) is 12.1 Å². The number of rotatable bonds is 10. The lowest BCUT2D eigenvalue weighted by molar-refractivity contribution is -0.155. The second kappa shape index (κ2) is 10.5. The average molecular weight is 476 g/mol. The number of fused-ring (bicyclic) bond motifs is 1. The third-order valence-electron chi connectivity index (χ3n) is 4.40. The highest BCUT2D eigenvalue weighted by molar-refractivity contribution is 7.99. The maximum absolute atomic E-state index is 12.4. The number of carbonyl (C=O) groups is 1. The Hall–Kier alpha value is -2.36. The fourth-order valence-electron chi connectivity index (χ4n) is 3.13. The van der Waals surface area contributed by atoms with Crippen molar-refractivity contribution >= 4 is 38.8 Å². The van der Waals surface area contributed by atoms with Gasteiger partial charge in [-0.15, -0.1) is 0 Å². The van der Waals surface area contributed by atoms with Crippen molar-refractivity contribution < 1.29 is 17.9 Å². The van der Waals surface area contributed by atoms with Crippen molar-refractivity contribution in [3.8, 4) is 0 Å². The molecule has 0 aliphatic rings. The summed E-state index contributed by atoms with van der Waals surface area (Å²) in [5.41, 5.74) is 1.87. The number of benzene rings is 2. The van der Waals surface area contributed by atoms with Gasteiger partial charge in [-0.25, -0.2) is 18.1 Å². The molecule has 0 saturated carbocycles. The van der Waals surface area contributed by atoms with Gasteiger partial charge in [0.15, 0.2) is 5.16 Å². The van der Waals surface area contributed by atoms with Crippen molar-refractivity contribution in [2.75, 3.05) is 12.3 Å². The maximum atomic E-state index is 12.4. The van der Waals surface area contributed by atoms with Crippen LogP contribution in [0.5, 0.6) is 0 Å². The van der Waals surface area contributed by atoms with Crippen LogP contribution in [-0.2, 0) is 31.9 Å². The van der Waals surface area contributed by atoms with Crippen LogP contribution in [0, 0.1) is 0 Å². The van der Waals surface area contributed by atoms with Crippen molar-refractivity contribution in [2.24, 2.45) is 0 Å². The molecule has 0 spiro atoms. The number of hydrogen-bond donors (Lipinski definition) is 1. The number of para-hydroxylation sites is 2. The second-order valence-electron chi connectivity index (χ2n) is 8.40. The molecule has 0 bridgehead atoms. The summed E-state index contributed by atoms with van der Waals surface area (Å²) in [5.74, 6) is 0.300. The summed E-state index contributed by atoms with van der Waals surface area (Å²) in [6.45, 7) is 5.93. The summed E-state index contributed by atoms with van der Waals surface area (Å²) in [6, 6.07) is 16.7. The Morgan fingerprint density at radius 3 is 2.50 bits per heavy atom. The molecule has 3 aromatic rings. The van der Waals surface area contributed by atoms with Crippen molar-refractivity contribution in [1.82, 2.24) is 14.3 Å². The monoisotopic (exact) mass is 475 g/mol. The van der Waals surface area contributed by atoms with Crippen LogP contribution in [0.4, 0.5) is 0 Å². The largest absolute Gasteiger partial charge is 0.459 e. The fraction of sp³-hybridized carbons (Fsp3) is 0.391. The van der Waals surface area contributed by atoms with Gasteiger partial charge in [0.25, 0.3) is 0 Å². The summed E-state index contributed by atoms with van der Waals surface area (Å²) in [5, 5.41) is 0.712. The van der Waals surface area contributed by atoms with Crippen LogP contribution < -0.4 is 4.72 Å². The Kier molecular flexibility index (Phi) is 7.97. The number of carbonyl (C=O) groups excluding carboxylic acids is 1. The molecule has 0 saturated heterocycles. The number of sulfonamides is 1. The molecule has 0 radical (unpaired) electrons. The van der Waals surface area contributed by atoms with Crippen LogP contribution in [-0.4, -0.2) is 41.8 Å². The standard InChI is InChI=1S/C23H29N3O4S2/c1-23(2,3)30-21(27)16-26-20-13-8-7-12-19(20)25-22(26)31-15-9-14-24-32(28,29)17-18-10-5-4-6-11-18/h4-8,10-13,24H,9,14-17H2,1-3H3. The van der Waals surface area contributed by atoms with Gasteiger partial charge in [0.2, 0.25) is 10.0 Å². The zero-order chi connectivity index (χ0) is 23.2. The van der Waals surface area contributed by atoms with E-state index >= 15 is 0 Å². The predicted molar refractivity (Wildman–Crippen MR) is 128 cm³/mol. The molecule has 1 aromatic heterocycles. The normalized spacial score (nSPS) is 12.2. The first-order valence-electron chi connectivity index (χ1n) is 10.4. The first-order valence-corrected chi connectivity index (χ1v) is 13.1. The molecule has 172 valence electrons. The van der Waals surface area contributed by atoms with Crippen LogP contribution in [0.2, 0.25) is 0 Å². The fourth-order valence-corrected chi connectivity index (χ4v) is 5.27. The molecule has 3 rings (SSSR count). The molecule has 1 heterocycles. The van der Waals surface area contributed by atoms with E-state index in [4.69, 9.17) is 4.74 Å². The molecular weight excluding hydrogens is 446 g/mol. The minimum absolute atomic E-state index is 0.0351. The Morgan fingerprint density at radius 1 is 1.09 bits per heavy atom. The number of nitrogens with zero attached hydrogens (tertiary/aromatic N) is 2. The zero-order valence-corrected chi connectivity index (χ0v) is 20.2. The highest BCUT2D eigenvalue weighted by Crippen LogP contribution is 2.25. The first-order chi connectivity index (χ1) is 15.1. The quantitative estimate of drug-likeness (QED) is 0.271. The molecular formula is C23H29N3O4S2. The van der Waals surface area contributed by atoms with Gasteiger partial charge >= 0.3 is 5.97 Å². The van der Waals surface area contributed by atoms with Gasteiger partial charge in [-0.2, -0.15) is 0 Å². The lowest BCUT2D eigenvalue weighted by Crippen LogP contribution is -2.27. The van der Waals surface area contributed by atoms with Crippen molar-refractivity contribution in [1.29, 1.82) is 0 Å². The Bertz CT molecular complexity index is 1150. The lowest BCUT2D eigenvalue weighted by Gasteiger charge is -2.20. The number of hydrogen-bond acceptors (Lipinski definition) is 6. The third-order valence-corrected chi connectivity index (χ3v) is 6.82. The summed E-state index contributed by atoms with van der Waals surface area (Å²) in [4.78, 5) is 17.0. The summed E-state index contributed by atoms with van der Waals surface area (Å²) in [6.07, 6.45) is 0.633. The Morgan fingerprint density at radius 2 is 1.78 bits per heavy atom. The zero-order valence-electron chi connectivity index (χ0n) is 18.6. The number of thioether (sulfide) groups is 1. The smallest absolute Gasteiger partial charge is 0.326 e. The molecule has 9 heteroatoms. The summed E-state index contributed by atoms with van der Waals surface area (Å²) >= 11 is 1.50. The van der Waals surface area contributed by atoms with Crippen LogP contribution >= 0.6 is 11.8 Å². The van der Waals surface area contributed by atoms with E-state index in [9.17, 15) is 13.2 Å². The molecule has 0 unspecified atom stereocenters. The van der Waals surface area contributed by atoms with E-state index in [1.54, 1.807) is 12.1 Å². The van der Waals surface area contributed by atoms with Gasteiger partial charge in [-0.05, 0) is 44.9 Å². The van der Waals surface area contributed by atoms with Crippen LogP contribution in [0.1, 0.15) is 32.8 Å². The van der Waals surface area contributed by atoms with Crippen molar-refractivity contribution in [3.63, 3.8) is 0 Å². The van der Waals surface area contributed by atoms with Gasteiger partial charge in [-0.1, -0.05) is 54.2 Å². The molecule has 0 fully saturated rings. The lowest BCUT2D eigenvalue weighted by atomic mass is 10.2. The van der Waals surface area contributed by atoms with E-state index in [-0.39, 0.29) is 18.3 Å². The van der Waals surface area contributed by atoms with Gasteiger partial charge < -0.3 is 9.30 Å². The minimum atomic E-state index is -3.38. The van der Waals surface area contributed by atoms with Crippen molar-refractivity contribution in [2.45, 2.75) is 50.2 Å². The van der Waals surface area contributed by atoms with Gasteiger partial charge in [0.05, 0.1) is 16.8 Å². The Labute approximate surface area is 193 Å². The highest BCUT2D eigenvalue weighted by atomic mass is 32.2. The van der Waals surface area contributed by atoms with Crippen LogP contribution in [0.3, 0.4) is 0 Å². The molecule has 32 heavy (non-hydrogen) atoms. The third kappa shape index (κ3) is 7.36. The van der Waals surface area contributed by atoms with E-state index in [0.717, 1.165) is 16.6 Å². The van der Waals surface area contributed by atoms with E-state index in [1.807, 2.05) is 67.8 Å². The number of esters is 1. The Balaban J connectivity index is 1.57. The molecule has 0 aliphatic heterocycles. The van der Waals surface area contributed by atoms with E-state index < -0.39 is 15.6 Å². The van der Waals surface area contributed by atoms with Gasteiger partial charge in [-0.3, -0.25) is 4.79 Å². The number of imidazole rings is 1. The highest BCUT2D eigenvalue weighted by Gasteiger charge is 2.20. The molecule has 0 aliphatic carbocycles. The molecule has 1 N–H and O–H groups in total. The average Bonchev–Trinajstić information content (AvgIpc) is 3.04. The summed E-state index contributed by atoms with van der Waals surface area (Å²) in [7, 11) is -3.38. The molecule has 0 amide bonds. The number of nitrogens with one attached hydrogen (secondary N) is 1. The number of ether oxygens (including phenoxy) is 1.